The van der Waals surface area contributed by atoms with E-state index < -0.39 is 5.91 Å². The van der Waals surface area contributed by atoms with Gasteiger partial charge in [0.1, 0.15) is 5.65 Å². The first kappa shape index (κ1) is 18.1. The maximum atomic E-state index is 12.8. The smallest absolute Gasteiger partial charge is 0.257 e. The number of nitrogens with two attached hydrogens (primary N) is 1. The maximum absolute atomic E-state index is 12.8. The predicted molar refractivity (Wildman–Crippen MR) is 104 cm³/mol. The molecule has 0 aliphatic heterocycles. The summed E-state index contributed by atoms with van der Waals surface area (Å²) in [4.78, 5) is 33.5. The molecule has 0 unspecified atom stereocenters. The van der Waals surface area contributed by atoms with Gasteiger partial charge in [-0.1, -0.05) is 6.07 Å². The van der Waals surface area contributed by atoms with Crippen LogP contribution in [0.15, 0.2) is 41.1 Å². The van der Waals surface area contributed by atoms with Crippen molar-refractivity contribution in [2.75, 3.05) is 19.4 Å². The summed E-state index contributed by atoms with van der Waals surface area (Å²) in [5.41, 5.74) is 8.23. The van der Waals surface area contributed by atoms with Gasteiger partial charge in [-0.3, -0.25) is 9.59 Å². The highest BCUT2D eigenvalue weighted by molar-refractivity contribution is 9.10. The number of hydrogen-bond acceptors (Lipinski definition) is 4. The molecule has 0 aliphatic carbocycles. The Morgan fingerprint density at radius 2 is 2.08 bits per heavy atom. The molecule has 7 nitrogen and oxygen atoms in total. The lowest BCUT2D eigenvalue weighted by molar-refractivity contribution is 0.0996. The molecule has 0 saturated carbocycles. The molecule has 0 fully saturated rings. The summed E-state index contributed by atoms with van der Waals surface area (Å²) in [6, 6.07) is 6.88. The summed E-state index contributed by atoms with van der Waals surface area (Å²) in [7, 11) is 3.85. The highest BCUT2D eigenvalue weighted by Gasteiger charge is 2.16. The average molecular weight is 416 g/mol. The van der Waals surface area contributed by atoms with Crippen molar-refractivity contribution in [2.24, 2.45) is 5.73 Å². The lowest BCUT2D eigenvalue weighted by Gasteiger charge is -2.16. The van der Waals surface area contributed by atoms with Crippen molar-refractivity contribution in [1.82, 2.24) is 14.9 Å². The Morgan fingerprint density at radius 3 is 2.77 bits per heavy atom. The van der Waals surface area contributed by atoms with Gasteiger partial charge in [0.05, 0.1) is 5.56 Å². The lowest BCUT2D eigenvalue weighted by atomic mass is 10.1. The highest BCUT2D eigenvalue weighted by Crippen LogP contribution is 2.24. The molecule has 4 N–H and O–H groups in total. The fourth-order valence-electron chi connectivity index (χ4n) is 2.68. The number of halogens is 1. The summed E-state index contributed by atoms with van der Waals surface area (Å²) in [6.45, 7) is 0.607. The Labute approximate surface area is 158 Å². The largest absolute Gasteiger partial charge is 0.366 e. The van der Waals surface area contributed by atoms with Crippen molar-refractivity contribution >= 4 is 44.5 Å². The number of hydrogen-bond donors (Lipinski definition) is 3. The molecule has 0 saturated heterocycles. The van der Waals surface area contributed by atoms with Crippen LogP contribution in [-0.4, -0.2) is 40.8 Å². The number of carbonyl (C=O) groups is 2. The number of benzene rings is 1. The Morgan fingerprint density at radius 1 is 1.31 bits per heavy atom. The molecule has 134 valence electrons. The number of primary amides is 1. The van der Waals surface area contributed by atoms with Crippen molar-refractivity contribution in [2.45, 2.75) is 6.54 Å². The number of carbonyl (C=O) groups excluding carboxylic acids is 2. The molecule has 2 heterocycles. The van der Waals surface area contributed by atoms with Crippen molar-refractivity contribution < 1.29 is 9.59 Å². The molecule has 2 amide bonds. The standard InChI is InChI=1S/C18H18BrN5O2/c1-24(2)9-11-4-3-10(16(20)25)5-15(11)23-18(26)14-8-22-17-13(14)6-12(19)7-21-17/h3-8H,9H2,1-2H3,(H2,20,25)(H,21,22)(H,23,26). The van der Waals surface area contributed by atoms with E-state index in [-0.39, 0.29) is 5.91 Å². The second-order valence-electron chi connectivity index (χ2n) is 6.18. The Bertz CT molecular complexity index is 996. The summed E-state index contributed by atoms with van der Waals surface area (Å²) in [6.07, 6.45) is 3.27. The van der Waals surface area contributed by atoms with E-state index in [1.165, 1.54) is 0 Å². The van der Waals surface area contributed by atoms with Crippen LogP contribution in [0.4, 0.5) is 5.69 Å². The molecule has 2 aromatic heterocycles. The molecule has 0 spiro atoms. The van der Waals surface area contributed by atoms with E-state index in [4.69, 9.17) is 5.73 Å². The van der Waals surface area contributed by atoms with Crippen LogP contribution in [0, 0.1) is 0 Å². The number of aromatic amines is 1. The second kappa shape index (κ2) is 7.27. The molecule has 0 atom stereocenters. The van der Waals surface area contributed by atoms with E-state index in [0.29, 0.717) is 34.4 Å². The second-order valence-corrected chi connectivity index (χ2v) is 7.10. The van der Waals surface area contributed by atoms with E-state index in [1.807, 2.05) is 25.1 Å². The van der Waals surface area contributed by atoms with Gasteiger partial charge in [-0.15, -0.1) is 0 Å². The first-order valence-corrected chi connectivity index (χ1v) is 8.66. The van der Waals surface area contributed by atoms with Crippen LogP contribution in [0.25, 0.3) is 11.0 Å². The topological polar surface area (TPSA) is 104 Å². The zero-order valence-electron chi connectivity index (χ0n) is 14.3. The van der Waals surface area contributed by atoms with Crippen molar-refractivity contribution in [1.29, 1.82) is 0 Å². The van der Waals surface area contributed by atoms with Crippen LogP contribution in [0.2, 0.25) is 0 Å². The number of pyridine rings is 1. The maximum Gasteiger partial charge on any atom is 0.257 e. The van der Waals surface area contributed by atoms with E-state index in [0.717, 1.165) is 10.0 Å². The zero-order valence-corrected chi connectivity index (χ0v) is 15.9. The van der Waals surface area contributed by atoms with Crippen LogP contribution in [0.1, 0.15) is 26.3 Å². The van der Waals surface area contributed by atoms with Crippen molar-refractivity contribution in [3.63, 3.8) is 0 Å². The molecule has 26 heavy (non-hydrogen) atoms. The third-order valence-electron chi connectivity index (χ3n) is 3.87. The first-order valence-electron chi connectivity index (χ1n) is 7.86. The van der Waals surface area contributed by atoms with Crippen molar-refractivity contribution in [3.8, 4) is 0 Å². The van der Waals surface area contributed by atoms with Crippen LogP contribution in [0.5, 0.6) is 0 Å². The molecular formula is C18H18BrN5O2. The number of H-pyrrole nitrogens is 1. The van der Waals surface area contributed by atoms with E-state index in [9.17, 15) is 9.59 Å². The Balaban J connectivity index is 1.98. The minimum atomic E-state index is -0.544. The normalized spacial score (nSPS) is 11.1. The first-order chi connectivity index (χ1) is 12.3. The van der Waals surface area contributed by atoms with Gasteiger partial charge in [0.25, 0.3) is 5.91 Å². The average Bonchev–Trinajstić information content (AvgIpc) is 2.98. The fraction of sp³-hybridized carbons (Fsp3) is 0.167. The number of anilines is 1. The van der Waals surface area contributed by atoms with Gasteiger partial charge in [-0.25, -0.2) is 4.98 Å². The van der Waals surface area contributed by atoms with Crippen LogP contribution in [-0.2, 0) is 6.54 Å². The van der Waals surface area contributed by atoms with Gasteiger partial charge in [0, 0.05) is 40.0 Å². The van der Waals surface area contributed by atoms with Gasteiger partial charge >= 0.3 is 0 Å². The van der Waals surface area contributed by atoms with Gasteiger partial charge in [-0.05, 0) is 53.8 Å². The summed E-state index contributed by atoms with van der Waals surface area (Å²) in [5, 5.41) is 3.59. The third-order valence-corrected chi connectivity index (χ3v) is 4.31. The zero-order chi connectivity index (χ0) is 18.8. The predicted octanol–water partition coefficient (Wildman–Crippen LogP) is 2.74. The molecular weight excluding hydrogens is 398 g/mol. The van der Waals surface area contributed by atoms with Gasteiger partial charge in [0.2, 0.25) is 5.91 Å². The molecule has 0 bridgehead atoms. The molecule has 3 rings (SSSR count). The number of fused-ring (bicyclic) bond motifs is 1. The summed E-state index contributed by atoms with van der Waals surface area (Å²) in [5.74, 6) is -0.838. The fourth-order valence-corrected chi connectivity index (χ4v) is 3.01. The lowest BCUT2D eigenvalue weighted by Crippen LogP contribution is -2.18. The minimum Gasteiger partial charge on any atom is -0.366 e. The number of amides is 2. The molecule has 0 aliphatic rings. The Hall–Kier alpha value is -2.71. The highest BCUT2D eigenvalue weighted by atomic mass is 79.9. The Kier molecular flexibility index (Phi) is 5.06. The van der Waals surface area contributed by atoms with E-state index >= 15 is 0 Å². The SMILES string of the molecule is CN(C)Cc1ccc(C(N)=O)cc1NC(=O)c1c[nH]c2ncc(Br)cc12. The number of rotatable bonds is 5. The van der Waals surface area contributed by atoms with Crippen LogP contribution in [0.3, 0.4) is 0 Å². The van der Waals surface area contributed by atoms with E-state index in [2.05, 4.69) is 31.2 Å². The molecule has 8 heteroatoms. The molecule has 1 aromatic carbocycles. The van der Waals surface area contributed by atoms with Gasteiger partial charge < -0.3 is 20.9 Å². The van der Waals surface area contributed by atoms with E-state index in [1.54, 1.807) is 30.6 Å². The quantitative estimate of drug-likeness (QED) is 0.595. The molecule has 0 radical (unpaired) electrons. The van der Waals surface area contributed by atoms with Crippen LogP contribution < -0.4 is 11.1 Å². The number of nitrogens with zero attached hydrogens (tertiary/aromatic N) is 2. The van der Waals surface area contributed by atoms with Crippen LogP contribution >= 0.6 is 15.9 Å². The monoisotopic (exact) mass is 415 g/mol. The van der Waals surface area contributed by atoms with Crippen molar-refractivity contribution in [3.05, 3.63) is 57.8 Å². The van der Waals surface area contributed by atoms with Gasteiger partial charge in [0.15, 0.2) is 0 Å². The molecule has 3 aromatic rings. The summed E-state index contributed by atoms with van der Waals surface area (Å²) >= 11 is 3.37. The number of aromatic nitrogens is 2. The third kappa shape index (κ3) is 3.76. The minimum absolute atomic E-state index is 0.294. The summed E-state index contributed by atoms with van der Waals surface area (Å²) < 4.78 is 0.780. The number of nitrogens with one attached hydrogen (secondary N) is 2. The van der Waals surface area contributed by atoms with Gasteiger partial charge in [-0.2, -0.15) is 0 Å².